The first-order valence-electron chi connectivity index (χ1n) is 9.53. The SMILES string of the molecule is Cc1ccccc1-n1nnc(C(=O)N2CCN(S(C)(=O)=O)CC2)c1-c1ccncc1. The van der Waals surface area contributed by atoms with Gasteiger partial charge < -0.3 is 4.90 Å². The highest BCUT2D eigenvalue weighted by molar-refractivity contribution is 7.88. The molecular weight excluding hydrogens is 404 g/mol. The summed E-state index contributed by atoms with van der Waals surface area (Å²) in [5.74, 6) is -0.269. The van der Waals surface area contributed by atoms with Crippen molar-refractivity contribution in [1.82, 2.24) is 29.2 Å². The summed E-state index contributed by atoms with van der Waals surface area (Å²) in [6, 6.07) is 11.4. The van der Waals surface area contributed by atoms with E-state index in [1.165, 1.54) is 10.6 Å². The molecule has 1 aliphatic rings. The highest BCUT2D eigenvalue weighted by Gasteiger charge is 2.31. The van der Waals surface area contributed by atoms with Gasteiger partial charge in [-0.1, -0.05) is 23.4 Å². The number of sulfonamides is 1. The van der Waals surface area contributed by atoms with Crippen LogP contribution in [0.1, 0.15) is 16.1 Å². The molecule has 4 rings (SSSR count). The fourth-order valence-corrected chi connectivity index (χ4v) is 4.36. The van der Waals surface area contributed by atoms with E-state index in [-0.39, 0.29) is 24.7 Å². The smallest absolute Gasteiger partial charge is 0.276 e. The van der Waals surface area contributed by atoms with Crippen molar-refractivity contribution in [2.24, 2.45) is 0 Å². The Morgan fingerprint density at radius 2 is 1.67 bits per heavy atom. The van der Waals surface area contributed by atoms with E-state index < -0.39 is 10.0 Å². The number of hydrogen-bond acceptors (Lipinski definition) is 6. The topological polar surface area (TPSA) is 101 Å². The zero-order valence-corrected chi connectivity index (χ0v) is 17.6. The van der Waals surface area contributed by atoms with Gasteiger partial charge in [0.15, 0.2) is 5.69 Å². The van der Waals surface area contributed by atoms with Crippen molar-refractivity contribution in [3.63, 3.8) is 0 Å². The van der Waals surface area contributed by atoms with Crippen LogP contribution in [0, 0.1) is 6.92 Å². The minimum Gasteiger partial charge on any atom is -0.335 e. The number of amides is 1. The predicted octanol–water partition coefficient (Wildman–Crippen LogP) is 1.36. The van der Waals surface area contributed by atoms with E-state index in [1.807, 2.05) is 43.3 Å². The largest absolute Gasteiger partial charge is 0.335 e. The first kappa shape index (κ1) is 20.2. The van der Waals surface area contributed by atoms with E-state index in [1.54, 1.807) is 22.0 Å². The van der Waals surface area contributed by atoms with Gasteiger partial charge >= 0.3 is 0 Å². The van der Waals surface area contributed by atoms with Gasteiger partial charge in [-0.05, 0) is 30.7 Å². The summed E-state index contributed by atoms with van der Waals surface area (Å²) in [6.07, 6.45) is 4.49. The van der Waals surface area contributed by atoms with Crippen LogP contribution in [0.15, 0.2) is 48.8 Å². The van der Waals surface area contributed by atoms with Crippen LogP contribution in [-0.2, 0) is 10.0 Å². The van der Waals surface area contributed by atoms with E-state index in [9.17, 15) is 13.2 Å². The lowest BCUT2D eigenvalue weighted by molar-refractivity contribution is 0.0693. The van der Waals surface area contributed by atoms with Crippen LogP contribution >= 0.6 is 0 Å². The molecule has 0 N–H and O–H groups in total. The van der Waals surface area contributed by atoms with E-state index in [0.717, 1.165) is 16.8 Å². The number of aryl methyl sites for hydroxylation is 1. The quantitative estimate of drug-likeness (QED) is 0.624. The Bertz CT molecular complexity index is 1170. The van der Waals surface area contributed by atoms with Crippen molar-refractivity contribution in [1.29, 1.82) is 0 Å². The second kappa shape index (κ2) is 7.96. The van der Waals surface area contributed by atoms with Gasteiger partial charge in [-0.15, -0.1) is 5.10 Å². The third-order valence-electron chi connectivity index (χ3n) is 5.17. The number of rotatable bonds is 4. The van der Waals surface area contributed by atoms with Crippen molar-refractivity contribution in [3.05, 3.63) is 60.0 Å². The van der Waals surface area contributed by atoms with Crippen molar-refractivity contribution in [2.75, 3.05) is 32.4 Å². The number of hydrogen-bond donors (Lipinski definition) is 0. The Hall–Kier alpha value is -3.11. The Balaban J connectivity index is 1.72. The predicted molar refractivity (Wildman–Crippen MR) is 112 cm³/mol. The number of piperazine rings is 1. The summed E-state index contributed by atoms with van der Waals surface area (Å²) in [7, 11) is -3.27. The molecule has 156 valence electrons. The second-order valence-corrected chi connectivity index (χ2v) is 9.16. The summed E-state index contributed by atoms with van der Waals surface area (Å²) in [5, 5.41) is 8.51. The lowest BCUT2D eigenvalue weighted by atomic mass is 10.1. The Morgan fingerprint density at radius 3 is 2.30 bits per heavy atom. The number of carbonyl (C=O) groups is 1. The number of benzene rings is 1. The normalized spacial score (nSPS) is 15.3. The zero-order valence-electron chi connectivity index (χ0n) is 16.8. The van der Waals surface area contributed by atoms with Gasteiger partial charge in [-0.2, -0.15) is 4.31 Å². The molecule has 1 aromatic carbocycles. The van der Waals surface area contributed by atoms with E-state index in [4.69, 9.17) is 0 Å². The van der Waals surface area contributed by atoms with Gasteiger partial charge in [-0.3, -0.25) is 9.78 Å². The van der Waals surface area contributed by atoms with Crippen LogP contribution in [0.2, 0.25) is 0 Å². The minimum atomic E-state index is -3.27. The molecule has 0 unspecified atom stereocenters. The second-order valence-electron chi connectivity index (χ2n) is 7.18. The average Bonchev–Trinajstić information content (AvgIpc) is 3.18. The van der Waals surface area contributed by atoms with Crippen LogP contribution in [-0.4, -0.2) is 75.9 Å². The lowest BCUT2D eigenvalue weighted by Crippen LogP contribution is -2.50. The third kappa shape index (κ3) is 3.83. The maximum absolute atomic E-state index is 13.3. The molecule has 0 spiro atoms. The van der Waals surface area contributed by atoms with Gasteiger partial charge in [0.25, 0.3) is 5.91 Å². The van der Waals surface area contributed by atoms with Crippen molar-refractivity contribution in [3.8, 4) is 16.9 Å². The molecule has 30 heavy (non-hydrogen) atoms. The fraction of sp³-hybridized carbons (Fsp3) is 0.300. The average molecular weight is 427 g/mol. The molecule has 1 aliphatic heterocycles. The van der Waals surface area contributed by atoms with E-state index in [2.05, 4.69) is 15.3 Å². The summed E-state index contributed by atoms with van der Waals surface area (Å²) in [5.41, 5.74) is 3.42. The molecule has 0 bridgehead atoms. The zero-order chi connectivity index (χ0) is 21.3. The molecule has 10 heteroatoms. The summed E-state index contributed by atoms with van der Waals surface area (Å²) < 4.78 is 26.6. The van der Waals surface area contributed by atoms with Crippen molar-refractivity contribution in [2.45, 2.75) is 6.92 Å². The molecular formula is C20H22N6O3S. The Labute approximate surface area is 175 Å². The Kier molecular flexibility index (Phi) is 5.35. The standard InChI is InChI=1S/C20H22N6O3S/c1-15-5-3-4-6-17(15)26-19(16-7-9-21-10-8-16)18(22-23-26)20(27)24-11-13-25(14-12-24)30(2,28)29/h3-10H,11-14H2,1-2H3. The molecule has 0 aliphatic carbocycles. The van der Waals surface area contributed by atoms with Crippen LogP contribution in [0.25, 0.3) is 16.9 Å². The molecule has 0 saturated carbocycles. The number of aromatic nitrogens is 4. The van der Waals surface area contributed by atoms with Crippen LogP contribution < -0.4 is 0 Å². The Morgan fingerprint density at radius 1 is 1.00 bits per heavy atom. The monoisotopic (exact) mass is 426 g/mol. The van der Waals surface area contributed by atoms with E-state index >= 15 is 0 Å². The lowest BCUT2D eigenvalue weighted by Gasteiger charge is -2.32. The maximum Gasteiger partial charge on any atom is 0.276 e. The molecule has 2 aromatic heterocycles. The summed E-state index contributed by atoms with van der Waals surface area (Å²) in [6.45, 7) is 3.11. The number of pyridine rings is 1. The summed E-state index contributed by atoms with van der Waals surface area (Å²) in [4.78, 5) is 19.0. The highest BCUT2D eigenvalue weighted by atomic mass is 32.2. The van der Waals surface area contributed by atoms with Crippen molar-refractivity contribution >= 4 is 15.9 Å². The number of para-hydroxylation sites is 1. The molecule has 3 aromatic rings. The number of carbonyl (C=O) groups excluding carboxylic acids is 1. The first-order valence-corrected chi connectivity index (χ1v) is 11.4. The van der Waals surface area contributed by atoms with E-state index in [0.29, 0.717) is 18.8 Å². The van der Waals surface area contributed by atoms with Gasteiger partial charge in [-0.25, -0.2) is 13.1 Å². The molecule has 0 radical (unpaired) electrons. The molecule has 1 fully saturated rings. The van der Waals surface area contributed by atoms with Crippen LogP contribution in [0.3, 0.4) is 0 Å². The molecule has 0 atom stereocenters. The molecule has 1 saturated heterocycles. The van der Waals surface area contributed by atoms with Crippen molar-refractivity contribution < 1.29 is 13.2 Å². The maximum atomic E-state index is 13.3. The summed E-state index contributed by atoms with van der Waals surface area (Å²) >= 11 is 0. The molecule has 3 heterocycles. The molecule has 1 amide bonds. The van der Waals surface area contributed by atoms with Crippen LogP contribution in [0.5, 0.6) is 0 Å². The van der Waals surface area contributed by atoms with Crippen LogP contribution in [0.4, 0.5) is 0 Å². The van der Waals surface area contributed by atoms with Gasteiger partial charge in [0.2, 0.25) is 10.0 Å². The minimum absolute atomic E-state index is 0.234. The first-order chi connectivity index (χ1) is 14.4. The fourth-order valence-electron chi connectivity index (χ4n) is 3.54. The van der Waals surface area contributed by atoms with Gasteiger partial charge in [0.05, 0.1) is 11.9 Å². The highest BCUT2D eigenvalue weighted by Crippen LogP contribution is 2.27. The third-order valence-corrected chi connectivity index (χ3v) is 6.47. The molecule has 9 nitrogen and oxygen atoms in total. The number of nitrogens with zero attached hydrogens (tertiary/aromatic N) is 6. The van der Waals surface area contributed by atoms with Gasteiger partial charge in [0, 0.05) is 44.1 Å². The van der Waals surface area contributed by atoms with Gasteiger partial charge in [0.1, 0.15) is 5.69 Å².